The first-order valence-electron chi connectivity index (χ1n) is 8.79. The number of β-amino-alcohol motifs (C(OH)–C–C–N with tert-alkyl or cyclic N) is 1. The fraction of sp³-hybridized carbons (Fsp3) is 0.333. The zero-order valence-corrected chi connectivity index (χ0v) is 14.0. The van der Waals surface area contributed by atoms with Crippen molar-refractivity contribution in [2.75, 3.05) is 13.1 Å². The Hall–Kier alpha value is -2.46. The number of amides is 1. The number of ketones is 1. The highest BCUT2D eigenvalue weighted by Crippen LogP contribution is 2.44. The van der Waals surface area contributed by atoms with Gasteiger partial charge in [0, 0.05) is 17.7 Å². The highest BCUT2D eigenvalue weighted by molar-refractivity contribution is 6.15. The van der Waals surface area contributed by atoms with E-state index >= 15 is 0 Å². The third kappa shape index (κ3) is 2.98. The third-order valence-electron chi connectivity index (χ3n) is 5.34. The van der Waals surface area contributed by atoms with Crippen molar-refractivity contribution in [1.29, 1.82) is 0 Å². The van der Waals surface area contributed by atoms with Crippen LogP contribution < -0.4 is 0 Å². The topological polar surface area (TPSA) is 57.6 Å². The van der Waals surface area contributed by atoms with Crippen LogP contribution in [0.1, 0.15) is 45.5 Å². The van der Waals surface area contributed by atoms with Gasteiger partial charge in [0.1, 0.15) is 0 Å². The van der Waals surface area contributed by atoms with Crippen LogP contribution in [0.2, 0.25) is 0 Å². The number of hydrogen-bond acceptors (Lipinski definition) is 3. The normalized spacial score (nSPS) is 22.8. The molecule has 4 rings (SSSR count). The SMILES string of the molecule is O=C(c1ccccc1)c1ccccc1C(=O)N1CCC(O)(C2CC2)C1. The second-order valence-electron chi connectivity index (χ2n) is 7.10. The predicted octanol–water partition coefficient (Wildman–Crippen LogP) is 2.90. The van der Waals surface area contributed by atoms with Crippen molar-refractivity contribution in [2.45, 2.75) is 24.9 Å². The van der Waals surface area contributed by atoms with Gasteiger partial charge in [-0.25, -0.2) is 0 Å². The third-order valence-corrected chi connectivity index (χ3v) is 5.34. The molecule has 1 atom stereocenters. The lowest BCUT2D eigenvalue weighted by Crippen LogP contribution is -2.38. The summed E-state index contributed by atoms with van der Waals surface area (Å²) in [6, 6.07) is 15.9. The monoisotopic (exact) mass is 335 g/mol. The summed E-state index contributed by atoms with van der Waals surface area (Å²) in [6.45, 7) is 0.907. The van der Waals surface area contributed by atoms with Crippen LogP contribution in [0.5, 0.6) is 0 Å². The van der Waals surface area contributed by atoms with Crippen molar-refractivity contribution in [3.05, 3.63) is 71.3 Å². The summed E-state index contributed by atoms with van der Waals surface area (Å²) in [5, 5.41) is 10.7. The van der Waals surface area contributed by atoms with Crippen LogP contribution in [0.4, 0.5) is 0 Å². The molecule has 1 aliphatic carbocycles. The lowest BCUT2D eigenvalue weighted by atomic mass is 9.96. The largest absolute Gasteiger partial charge is 0.388 e. The van der Waals surface area contributed by atoms with Gasteiger partial charge >= 0.3 is 0 Å². The summed E-state index contributed by atoms with van der Waals surface area (Å²) in [7, 11) is 0. The van der Waals surface area contributed by atoms with E-state index in [1.807, 2.05) is 18.2 Å². The van der Waals surface area contributed by atoms with Crippen molar-refractivity contribution in [3.8, 4) is 0 Å². The van der Waals surface area contributed by atoms with Crippen LogP contribution in [-0.2, 0) is 0 Å². The fourth-order valence-electron chi connectivity index (χ4n) is 3.73. The van der Waals surface area contributed by atoms with Crippen molar-refractivity contribution in [1.82, 2.24) is 4.90 Å². The second-order valence-corrected chi connectivity index (χ2v) is 7.10. The van der Waals surface area contributed by atoms with E-state index in [9.17, 15) is 14.7 Å². The van der Waals surface area contributed by atoms with E-state index < -0.39 is 5.60 Å². The molecule has 1 unspecified atom stereocenters. The summed E-state index contributed by atoms with van der Waals surface area (Å²) < 4.78 is 0. The molecule has 1 saturated heterocycles. The molecule has 1 heterocycles. The maximum Gasteiger partial charge on any atom is 0.254 e. The molecule has 2 aromatic rings. The lowest BCUT2D eigenvalue weighted by Gasteiger charge is -2.23. The van der Waals surface area contributed by atoms with Crippen LogP contribution in [0.15, 0.2) is 54.6 Å². The van der Waals surface area contributed by atoms with Gasteiger partial charge in [-0.3, -0.25) is 9.59 Å². The molecule has 4 heteroatoms. The van der Waals surface area contributed by atoms with E-state index in [1.165, 1.54) is 0 Å². The Morgan fingerprint density at radius 1 is 0.960 bits per heavy atom. The summed E-state index contributed by atoms with van der Waals surface area (Å²) in [5.41, 5.74) is 0.657. The maximum absolute atomic E-state index is 13.0. The number of likely N-dealkylation sites (tertiary alicyclic amines) is 1. The highest BCUT2D eigenvalue weighted by Gasteiger charge is 2.49. The molecule has 1 aliphatic heterocycles. The van der Waals surface area contributed by atoms with E-state index in [0.29, 0.717) is 42.1 Å². The van der Waals surface area contributed by atoms with Gasteiger partial charge in [-0.15, -0.1) is 0 Å². The van der Waals surface area contributed by atoms with E-state index in [-0.39, 0.29) is 11.7 Å². The van der Waals surface area contributed by atoms with Gasteiger partial charge in [0.25, 0.3) is 5.91 Å². The van der Waals surface area contributed by atoms with Crippen molar-refractivity contribution >= 4 is 11.7 Å². The van der Waals surface area contributed by atoms with Crippen LogP contribution >= 0.6 is 0 Å². The lowest BCUT2D eigenvalue weighted by molar-refractivity contribution is 0.0257. The number of aliphatic hydroxyl groups is 1. The smallest absolute Gasteiger partial charge is 0.254 e. The molecule has 2 aliphatic rings. The van der Waals surface area contributed by atoms with Crippen molar-refractivity contribution < 1.29 is 14.7 Å². The first-order valence-corrected chi connectivity index (χ1v) is 8.79. The van der Waals surface area contributed by atoms with Gasteiger partial charge < -0.3 is 10.0 Å². The Morgan fingerprint density at radius 3 is 2.28 bits per heavy atom. The fourth-order valence-corrected chi connectivity index (χ4v) is 3.73. The molecule has 25 heavy (non-hydrogen) atoms. The number of nitrogens with zero attached hydrogens (tertiary/aromatic N) is 1. The molecule has 2 aromatic carbocycles. The Balaban J connectivity index is 1.61. The van der Waals surface area contributed by atoms with Gasteiger partial charge in [0.2, 0.25) is 0 Å². The first-order chi connectivity index (χ1) is 12.1. The summed E-state index contributed by atoms with van der Waals surface area (Å²) in [4.78, 5) is 27.5. The average Bonchev–Trinajstić information content (AvgIpc) is 3.45. The first kappa shape index (κ1) is 16.0. The van der Waals surface area contributed by atoms with Crippen molar-refractivity contribution in [2.24, 2.45) is 5.92 Å². The minimum absolute atomic E-state index is 0.152. The minimum Gasteiger partial charge on any atom is -0.388 e. The zero-order chi connectivity index (χ0) is 17.4. The highest BCUT2D eigenvalue weighted by atomic mass is 16.3. The zero-order valence-electron chi connectivity index (χ0n) is 14.0. The maximum atomic E-state index is 13.0. The quantitative estimate of drug-likeness (QED) is 0.874. The Bertz CT molecular complexity index is 813. The molecule has 0 radical (unpaired) electrons. The van der Waals surface area contributed by atoms with E-state index in [2.05, 4.69) is 0 Å². The number of benzene rings is 2. The van der Waals surface area contributed by atoms with Crippen molar-refractivity contribution in [3.63, 3.8) is 0 Å². The Morgan fingerprint density at radius 2 is 1.60 bits per heavy atom. The molecule has 1 amide bonds. The van der Waals surface area contributed by atoms with E-state index in [4.69, 9.17) is 0 Å². The van der Waals surface area contributed by atoms with Gasteiger partial charge in [-0.2, -0.15) is 0 Å². The molecule has 1 N–H and O–H groups in total. The number of rotatable bonds is 4. The minimum atomic E-state index is -0.742. The van der Waals surface area contributed by atoms with Crippen LogP contribution in [0.3, 0.4) is 0 Å². The molecule has 128 valence electrons. The molecule has 0 bridgehead atoms. The van der Waals surface area contributed by atoms with Gasteiger partial charge in [-0.1, -0.05) is 48.5 Å². The van der Waals surface area contributed by atoms with Gasteiger partial charge in [-0.05, 0) is 31.2 Å². The predicted molar refractivity (Wildman–Crippen MR) is 94.5 cm³/mol. The van der Waals surface area contributed by atoms with Gasteiger partial charge in [0.15, 0.2) is 5.78 Å². The summed E-state index contributed by atoms with van der Waals surface area (Å²) in [5.74, 6) is 0.00384. The number of carbonyl (C=O) groups is 2. The molecule has 1 saturated carbocycles. The van der Waals surface area contributed by atoms with Crippen LogP contribution in [0.25, 0.3) is 0 Å². The van der Waals surface area contributed by atoms with E-state index in [1.54, 1.807) is 41.3 Å². The molecule has 0 aromatic heterocycles. The molecular weight excluding hydrogens is 314 g/mol. The molecule has 4 nitrogen and oxygen atoms in total. The standard InChI is InChI=1S/C21H21NO3/c23-19(15-6-2-1-3-7-15)17-8-4-5-9-18(17)20(24)22-13-12-21(25,14-22)16-10-11-16/h1-9,16,25H,10-14H2. The summed E-state index contributed by atoms with van der Waals surface area (Å²) >= 11 is 0. The van der Waals surface area contributed by atoms with Crippen LogP contribution in [0, 0.1) is 5.92 Å². The molecular formula is C21H21NO3. The average molecular weight is 335 g/mol. The molecule has 0 spiro atoms. The summed E-state index contributed by atoms with van der Waals surface area (Å²) in [6.07, 6.45) is 2.71. The van der Waals surface area contributed by atoms with Crippen LogP contribution in [-0.4, -0.2) is 40.4 Å². The molecule has 2 fully saturated rings. The number of carbonyl (C=O) groups excluding carboxylic acids is 2. The Labute approximate surface area is 147 Å². The van der Waals surface area contributed by atoms with Gasteiger partial charge in [0.05, 0.1) is 17.7 Å². The van der Waals surface area contributed by atoms with E-state index in [0.717, 1.165) is 12.8 Å². The second kappa shape index (κ2) is 6.12. The Kier molecular flexibility index (Phi) is 3.92. The number of hydrogen-bond donors (Lipinski definition) is 1.